The van der Waals surface area contributed by atoms with Crippen molar-refractivity contribution in [1.82, 2.24) is 5.32 Å². The Morgan fingerprint density at radius 3 is 2.68 bits per heavy atom. The van der Waals surface area contributed by atoms with Gasteiger partial charge in [-0.05, 0) is 36.8 Å². The molecule has 0 saturated carbocycles. The highest BCUT2D eigenvalue weighted by Gasteiger charge is 2.13. The Kier molecular flexibility index (Phi) is 7.73. The summed E-state index contributed by atoms with van der Waals surface area (Å²) in [5, 5.41) is 4.00. The average Bonchev–Trinajstić information content (AvgIpc) is 3.15. The lowest BCUT2D eigenvalue weighted by atomic mass is 10.1. The van der Waals surface area contributed by atoms with Crippen molar-refractivity contribution in [2.24, 2.45) is 0 Å². The van der Waals surface area contributed by atoms with Crippen molar-refractivity contribution >= 4 is 23.0 Å². The van der Waals surface area contributed by atoms with Gasteiger partial charge in [-0.2, -0.15) is 0 Å². The lowest BCUT2D eigenvalue weighted by Gasteiger charge is -2.16. The molecule has 1 amide bonds. The smallest absolute Gasteiger partial charge is 0.244 e. The molecule has 0 fully saturated rings. The topological polar surface area (TPSA) is 69.9 Å². The number of carbonyl (C=O) groups is 1. The summed E-state index contributed by atoms with van der Waals surface area (Å²) in [5.41, 5.74) is 2.69. The van der Waals surface area contributed by atoms with Crippen LogP contribution in [0.15, 0.2) is 53.0 Å². The van der Waals surface area contributed by atoms with E-state index < -0.39 is 0 Å². The van der Waals surface area contributed by atoms with E-state index in [1.54, 1.807) is 20.3 Å². The van der Waals surface area contributed by atoms with Crippen LogP contribution in [0.3, 0.4) is 0 Å². The highest BCUT2D eigenvalue weighted by Crippen LogP contribution is 2.30. The molecule has 1 unspecified atom stereocenters. The van der Waals surface area contributed by atoms with Crippen LogP contribution in [-0.4, -0.2) is 33.3 Å². The second-order valence-electron chi connectivity index (χ2n) is 7.10. The number of nitrogens with one attached hydrogen (secondary N) is 1. The average molecular weight is 424 g/mol. The molecular formula is C25H29NO5. The first-order valence-corrected chi connectivity index (χ1v) is 10.4. The van der Waals surface area contributed by atoms with E-state index in [0.29, 0.717) is 24.7 Å². The van der Waals surface area contributed by atoms with Gasteiger partial charge in [0.1, 0.15) is 18.0 Å². The van der Waals surface area contributed by atoms with Crippen LogP contribution < -0.4 is 14.8 Å². The van der Waals surface area contributed by atoms with Crippen molar-refractivity contribution < 1.29 is 23.4 Å². The van der Waals surface area contributed by atoms with E-state index in [4.69, 9.17) is 18.6 Å². The Hall–Kier alpha value is -3.25. The number of carbonyl (C=O) groups excluding carboxylic acids is 1. The summed E-state index contributed by atoms with van der Waals surface area (Å²) in [7, 11) is 3.22. The van der Waals surface area contributed by atoms with Gasteiger partial charge < -0.3 is 23.9 Å². The SMILES string of the molecule is CCc1oc2ccccc2c1/C=C/C(=O)NC(C)c1ccc(OCCOC)c(OC)c1. The van der Waals surface area contributed by atoms with Crippen LogP contribution in [0.4, 0.5) is 0 Å². The summed E-state index contributed by atoms with van der Waals surface area (Å²) in [6, 6.07) is 13.3. The maximum atomic E-state index is 12.6. The molecule has 1 N–H and O–H groups in total. The first-order chi connectivity index (χ1) is 15.1. The summed E-state index contributed by atoms with van der Waals surface area (Å²) in [6.45, 7) is 4.89. The van der Waals surface area contributed by atoms with Crippen molar-refractivity contribution in [2.75, 3.05) is 27.4 Å². The monoisotopic (exact) mass is 423 g/mol. The number of methoxy groups -OCH3 is 2. The highest BCUT2D eigenvalue weighted by molar-refractivity contribution is 5.96. The van der Waals surface area contributed by atoms with Gasteiger partial charge in [-0.25, -0.2) is 0 Å². The molecule has 1 heterocycles. The lowest BCUT2D eigenvalue weighted by Crippen LogP contribution is -2.24. The molecule has 31 heavy (non-hydrogen) atoms. The third-order valence-electron chi connectivity index (χ3n) is 5.02. The Morgan fingerprint density at radius 1 is 1.13 bits per heavy atom. The van der Waals surface area contributed by atoms with E-state index in [0.717, 1.165) is 34.3 Å². The highest BCUT2D eigenvalue weighted by atomic mass is 16.5. The zero-order valence-electron chi connectivity index (χ0n) is 18.4. The third-order valence-corrected chi connectivity index (χ3v) is 5.02. The van der Waals surface area contributed by atoms with Crippen LogP contribution in [0.1, 0.15) is 36.8 Å². The van der Waals surface area contributed by atoms with Gasteiger partial charge in [-0.3, -0.25) is 4.79 Å². The molecular weight excluding hydrogens is 394 g/mol. The van der Waals surface area contributed by atoms with Crippen LogP contribution in [0.2, 0.25) is 0 Å². The molecule has 2 aromatic carbocycles. The van der Waals surface area contributed by atoms with Crippen molar-refractivity contribution in [2.45, 2.75) is 26.3 Å². The molecule has 6 heteroatoms. The van der Waals surface area contributed by atoms with Gasteiger partial charge in [0.15, 0.2) is 11.5 Å². The first kappa shape index (κ1) is 22.4. The molecule has 0 aliphatic carbocycles. The molecule has 0 bridgehead atoms. The molecule has 0 radical (unpaired) electrons. The van der Waals surface area contributed by atoms with Gasteiger partial charge in [0.25, 0.3) is 0 Å². The number of fused-ring (bicyclic) bond motifs is 1. The molecule has 164 valence electrons. The van der Waals surface area contributed by atoms with E-state index >= 15 is 0 Å². The van der Waals surface area contributed by atoms with E-state index in [9.17, 15) is 4.79 Å². The maximum absolute atomic E-state index is 12.6. The Bertz CT molecular complexity index is 1050. The minimum Gasteiger partial charge on any atom is -0.493 e. The summed E-state index contributed by atoms with van der Waals surface area (Å²) >= 11 is 0. The van der Waals surface area contributed by atoms with Crippen molar-refractivity contribution in [3.05, 3.63) is 65.4 Å². The molecule has 6 nitrogen and oxygen atoms in total. The minimum absolute atomic E-state index is 0.181. The van der Waals surface area contributed by atoms with Crippen LogP contribution in [-0.2, 0) is 16.0 Å². The number of furan rings is 1. The normalized spacial score (nSPS) is 12.3. The van der Waals surface area contributed by atoms with E-state index in [-0.39, 0.29) is 11.9 Å². The van der Waals surface area contributed by atoms with Gasteiger partial charge in [0.05, 0.1) is 19.8 Å². The second kappa shape index (κ2) is 10.7. The Balaban J connectivity index is 1.69. The number of hydrogen-bond donors (Lipinski definition) is 1. The molecule has 0 saturated heterocycles. The molecule has 3 aromatic rings. The second-order valence-corrected chi connectivity index (χ2v) is 7.10. The van der Waals surface area contributed by atoms with E-state index in [2.05, 4.69) is 5.32 Å². The summed E-state index contributed by atoms with van der Waals surface area (Å²) in [5.74, 6) is 1.94. The zero-order valence-corrected chi connectivity index (χ0v) is 18.4. The van der Waals surface area contributed by atoms with Crippen LogP contribution >= 0.6 is 0 Å². The number of rotatable bonds is 10. The first-order valence-electron chi connectivity index (χ1n) is 10.4. The number of para-hydroxylation sites is 1. The van der Waals surface area contributed by atoms with Crippen molar-refractivity contribution in [3.63, 3.8) is 0 Å². The number of aryl methyl sites for hydroxylation is 1. The summed E-state index contributed by atoms with van der Waals surface area (Å²) in [4.78, 5) is 12.6. The maximum Gasteiger partial charge on any atom is 0.244 e. The molecule has 1 aromatic heterocycles. The van der Waals surface area contributed by atoms with Crippen molar-refractivity contribution in [1.29, 1.82) is 0 Å². The van der Waals surface area contributed by atoms with Gasteiger partial charge in [-0.1, -0.05) is 31.2 Å². The van der Waals surface area contributed by atoms with E-state index in [1.165, 1.54) is 0 Å². The van der Waals surface area contributed by atoms with Gasteiger partial charge in [0, 0.05) is 30.6 Å². The lowest BCUT2D eigenvalue weighted by molar-refractivity contribution is -0.117. The van der Waals surface area contributed by atoms with Crippen LogP contribution in [0.5, 0.6) is 11.5 Å². The Labute approximate surface area is 182 Å². The standard InChI is InChI=1S/C25H29NO5/c1-5-21-20(19-8-6-7-9-22(19)31-21)11-13-25(27)26-17(2)18-10-12-23(24(16-18)29-4)30-15-14-28-3/h6-13,16-17H,5,14-15H2,1-4H3,(H,26,27)/b13-11+. The van der Waals surface area contributed by atoms with E-state index in [1.807, 2.05) is 62.4 Å². The largest absolute Gasteiger partial charge is 0.493 e. The molecule has 0 aliphatic rings. The molecule has 0 spiro atoms. The molecule has 3 rings (SSSR count). The quantitative estimate of drug-likeness (QED) is 0.370. The van der Waals surface area contributed by atoms with Gasteiger partial charge in [0.2, 0.25) is 5.91 Å². The Morgan fingerprint density at radius 2 is 1.94 bits per heavy atom. The summed E-state index contributed by atoms with van der Waals surface area (Å²) < 4.78 is 22.0. The number of ether oxygens (including phenoxy) is 3. The fourth-order valence-corrected chi connectivity index (χ4v) is 3.37. The number of hydrogen-bond acceptors (Lipinski definition) is 5. The predicted molar refractivity (Wildman–Crippen MR) is 122 cm³/mol. The third kappa shape index (κ3) is 5.47. The van der Waals surface area contributed by atoms with Gasteiger partial charge in [-0.15, -0.1) is 0 Å². The number of amides is 1. The molecule has 1 atom stereocenters. The fraction of sp³-hybridized carbons (Fsp3) is 0.320. The van der Waals surface area contributed by atoms with Crippen LogP contribution in [0, 0.1) is 0 Å². The minimum atomic E-state index is -0.203. The fourth-order valence-electron chi connectivity index (χ4n) is 3.37. The molecule has 0 aliphatic heterocycles. The zero-order chi connectivity index (χ0) is 22.2. The van der Waals surface area contributed by atoms with Crippen molar-refractivity contribution in [3.8, 4) is 11.5 Å². The van der Waals surface area contributed by atoms with Crippen LogP contribution in [0.25, 0.3) is 17.0 Å². The number of benzene rings is 2. The summed E-state index contributed by atoms with van der Waals surface area (Å²) in [6.07, 6.45) is 4.12. The predicted octanol–water partition coefficient (Wildman–Crippen LogP) is 4.92. The van der Waals surface area contributed by atoms with Gasteiger partial charge >= 0.3 is 0 Å².